The Kier molecular flexibility index (Phi) is 4.35. The maximum Gasteiger partial charge on any atom is 0.326 e. The number of amides is 2. The fourth-order valence-electron chi connectivity index (χ4n) is 2.09. The van der Waals surface area contributed by atoms with Crippen LogP contribution >= 0.6 is 23.2 Å². The van der Waals surface area contributed by atoms with Crippen molar-refractivity contribution in [2.75, 3.05) is 11.9 Å². The molecule has 108 valence electrons. The minimum absolute atomic E-state index is 0.211. The van der Waals surface area contributed by atoms with E-state index in [-0.39, 0.29) is 15.7 Å². The number of hydrogen-bond acceptors (Lipinski definition) is 2. The van der Waals surface area contributed by atoms with Gasteiger partial charge in [-0.1, -0.05) is 23.2 Å². The number of urea groups is 1. The van der Waals surface area contributed by atoms with E-state index in [2.05, 4.69) is 5.32 Å². The summed E-state index contributed by atoms with van der Waals surface area (Å²) in [5, 5.41) is 11.0. The zero-order chi connectivity index (χ0) is 14.9. The third kappa shape index (κ3) is 2.96. The van der Waals surface area contributed by atoms with Crippen LogP contribution in [0.25, 0.3) is 0 Å². The highest BCUT2D eigenvalue weighted by atomic mass is 35.5. The van der Waals surface area contributed by atoms with Gasteiger partial charge < -0.3 is 15.3 Å². The van der Waals surface area contributed by atoms with Crippen molar-refractivity contribution in [2.45, 2.75) is 18.9 Å². The second-order valence-corrected chi connectivity index (χ2v) is 5.19. The van der Waals surface area contributed by atoms with E-state index in [9.17, 15) is 14.0 Å². The number of nitrogens with one attached hydrogen (secondary N) is 1. The molecule has 0 bridgehead atoms. The third-order valence-corrected chi connectivity index (χ3v) is 3.58. The number of nitrogens with zero attached hydrogens (tertiary/aromatic N) is 1. The Bertz CT molecular complexity index is 545. The first-order valence-electron chi connectivity index (χ1n) is 5.85. The lowest BCUT2D eigenvalue weighted by atomic mass is 10.2. The summed E-state index contributed by atoms with van der Waals surface area (Å²) in [5.74, 6) is -1.82. The standard InChI is InChI=1S/C12H11Cl2FN2O3/c13-7-4-6(5-8(14)10(7)15)16-12(20)17-3-1-2-9(17)11(18)19/h4-5,9H,1-3H2,(H,16,20)(H,18,19)/t9-/m0/s1. The molecule has 2 amide bonds. The van der Waals surface area contributed by atoms with Gasteiger partial charge in [-0.15, -0.1) is 0 Å². The van der Waals surface area contributed by atoms with Gasteiger partial charge in [0.1, 0.15) is 6.04 Å². The van der Waals surface area contributed by atoms with Gasteiger partial charge in [0.2, 0.25) is 0 Å². The van der Waals surface area contributed by atoms with Gasteiger partial charge in [-0.05, 0) is 25.0 Å². The Morgan fingerprint density at radius 3 is 2.50 bits per heavy atom. The van der Waals surface area contributed by atoms with Gasteiger partial charge in [0.25, 0.3) is 0 Å². The predicted octanol–water partition coefficient (Wildman–Crippen LogP) is 3.21. The van der Waals surface area contributed by atoms with Crippen molar-refractivity contribution < 1.29 is 19.1 Å². The third-order valence-electron chi connectivity index (χ3n) is 3.03. The van der Waals surface area contributed by atoms with Crippen molar-refractivity contribution in [1.82, 2.24) is 4.90 Å². The van der Waals surface area contributed by atoms with Gasteiger partial charge in [-0.2, -0.15) is 0 Å². The largest absolute Gasteiger partial charge is 0.480 e. The van der Waals surface area contributed by atoms with Gasteiger partial charge in [-0.3, -0.25) is 0 Å². The predicted molar refractivity (Wildman–Crippen MR) is 72.8 cm³/mol. The molecule has 0 aromatic heterocycles. The highest BCUT2D eigenvalue weighted by Crippen LogP contribution is 2.28. The van der Waals surface area contributed by atoms with E-state index in [0.29, 0.717) is 19.4 Å². The summed E-state index contributed by atoms with van der Waals surface area (Å²) in [5.41, 5.74) is 0.211. The number of halogens is 3. The minimum Gasteiger partial charge on any atom is -0.480 e. The lowest BCUT2D eigenvalue weighted by Crippen LogP contribution is -2.42. The van der Waals surface area contributed by atoms with Crippen LogP contribution < -0.4 is 5.32 Å². The summed E-state index contributed by atoms with van der Waals surface area (Å²) in [7, 11) is 0. The maximum atomic E-state index is 13.3. The number of hydrogen-bond donors (Lipinski definition) is 2. The average Bonchev–Trinajstić information content (AvgIpc) is 2.85. The molecular formula is C12H11Cl2FN2O3. The topological polar surface area (TPSA) is 69.6 Å². The van der Waals surface area contributed by atoms with Crippen LogP contribution in [-0.4, -0.2) is 34.6 Å². The highest BCUT2D eigenvalue weighted by Gasteiger charge is 2.34. The number of anilines is 1. The van der Waals surface area contributed by atoms with Crippen molar-refractivity contribution in [3.63, 3.8) is 0 Å². The zero-order valence-electron chi connectivity index (χ0n) is 10.2. The Morgan fingerprint density at radius 2 is 1.95 bits per heavy atom. The number of benzene rings is 1. The molecule has 20 heavy (non-hydrogen) atoms. The first-order chi connectivity index (χ1) is 9.40. The van der Waals surface area contributed by atoms with Crippen molar-refractivity contribution in [1.29, 1.82) is 0 Å². The minimum atomic E-state index is -1.05. The molecule has 1 aliphatic rings. The molecule has 0 spiro atoms. The summed E-state index contributed by atoms with van der Waals surface area (Å²) >= 11 is 11.2. The first-order valence-corrected chi connectivity index (χ1v) is 6.60. The molecule has 1 fully saturated rings. The second-order valence-electron chi connectivity index (χ2n) is 4.37. The molecule has 1 saturated heterocycles. The number of carboxylic acid groups (broad SMARTS) is 1. The normalized spacial score (nSPS) is 18.1. The number of carboxylic acids is 1. The number of carbonyl (C=O) groups is 2. The number of likely N-dealkylation sites (tertiary alicyclic amines) is 1. The molecule has 1 aromatic carbocycles. The quantitative estimate of drug-likeness (QED) is 0.822. The summed E-state index contributed by atoms with van der Waals surface area (Å²) in [6.07, 6.45) is 1.03. The lowest BCUT2D eigenvalue weighted by Gasteiger charge is -2.22. The van der Waals surface area contributed by atoms with E-state index in [1.165, 1.54) is 17.0 Å². The molecule has 0 unspecified atom stereocenters. The van der Waals surface area contributed by atoms with Crippen LogP contribution in [-0.2, 0) is 4.79 Å². The Morgan fingerprint density at radius 1 is 1.35 bits per heavy atom. The molecule has 1 aromatic rings. The van der Waals surface area contributed by atoms with E-state index in [0.717, 1.165) is 0 Å². The maximum absolute atomic E-state index is 13.3. The van der Waals surface area contributed by atoms with Crippen molar-refractivity contribution in [2.24, 2.45) is 0 Å². The van der Waals surface area contributed by atoms with Crippen LogP contribution in [0.15, 0.2) is 12.1 Å². The molecule has 8 heteroatoms. The van der Waals surface area contributed by atoms with Gasteiger partial charge in [0.15, 0.2) is 5.82 Å². The SMILES string of the molecule is O=C(O)[C@@H]1CCCN1C(=O)Nc1cc(Cl)c(F)c(Cl)c1. The van der Waals surface area contributed by atoms with Crippen LogP contribution in [0.3, 0.4) is 0 Å². The monoisotopic (exact) mass is 320 g/mol. The van der Waals surface area contributed by atoms with Crippen LogP contribution in [0.4, 0.5) is 14.9 Å². The van der Waals surface area contributed by atoms with E-state index in [1.807, 2.05) is 0 Å². The molecule has 0 aliphatic carbocycles. The highest BCUT2D eigenvalue weighted by molar-refractivity contribution is 6.35. The van der Waals surface area contributed by atoms with Gasteiger partial charge in [0.05, 0.1) is 10.0 Å². The molecule has 1 heterocycles. The summed E-state index contributed by atoms with van der Waals surface area (Å²) in [4.78, 5) is 24.2. The zero-order valence-corrected chi connectivity index (χ0v) is 11.7. The molecule has 0 saturated carbocycles. The molecule has 0 radical (unpaired) electrons. The lowest BCUT2D eigenvalue weighted by molar-refractivity contribution is -0.141. The summed E-state index contributed by atoms with van der Waals surface area (Å²) in [6, 6.07) is 1.01. The molecular weight excluding hydrogens is 310 g/mol. The van der Waals surface area contributed by atoms with Crippen molar-refractivity contribution in [3.8, 4) is 0 Å². The smallest absolute Gasteiger partial charge is 0.326 e. The Hall–Kier alpha value is -1.53. The van der Waals surface area contributed by atoms with E-state index >= 15 is 0 Å². The second kappa shape index (κ2) is 5.85. The number of aliphatic carboxylic acids is 1. The first kappa shape index (κ1) is 14.9. The molecule has 5 nitrogen and oxygen atoms in total. The van der Waals surface area contributed by atoms with Gasteiger partial charge in [0, 0.05) is 12.2 Å². The number of carbonyl (C=O) groups excluding carboxylic acids is 1. The van der Waals surface area contributed by atoms with Crippen LogP contribution in [0, 0.1) is 5.82 Å². The van der Waals surface area contributed by atoms with E-state index in [1.54, 1.807) is 0 Å². The van der Waals surface area contributed by atoms with Crippen LogP contribution in [0.1, 0.15) is 12.8 Å². The van der Waals surface area contributed by atoms with Crippen molar-refractivity contribution in [3.05, 3.63) is 28.0 Å². The molecule has 1 aliphatic heterocycles. The van der Waals surface area contributed by atoms with E-state index in [4.69, 9.17) is 28.3 Å². The Balaban J connectivity index is 2.14. The Labute approximate surface area is 124 Å². The summed E-state index contributed by atoms with van der Waals surface area (Å²) in [6.45, 7) is 0.353. The molecule has 2 rings (SSSR count). The average molecular weight is 321 g/mol. The summed E-state index contributed by atoms with van der Waals surface area (Å²) < 4.78 is 13.3. The van der Waals surface area contributed by atoms with Crippen LogP contribution in [0.5, 0.6) is 0 Å². The molecule has 1 atom stereocenters. The fourth-order valence-corrected chi connectivity index (χ4v) is 2.58. The fraction of sp³-hybridized carbons (Fsp3) is 0.333. The number of rotatable bonds is 2. The van der Waals surface area contributed by atoms with Gasteiger partial charge in [-0.25, -0.2) is 14.0 Å². The van der Waals surface area contributed by atoms with Gasteiger partial charge >= 0.3 is 12.0 Å². The molecule has 2 N–H and O–H groups in total. The van der Waals surface area contributed by atoms with Crippen LogP contribution in [0.2, 0.25) is 10.0 Å². The van der Waals surface area contributed by atoms with Crippen molar-refractivity contribution >= 4 is 40.9 Å². The van der Waals surface area contributed by atoms with E-state index < -0.39 is 23.9 Å².